The third kappa shape index (κ3) is 4.10. The van der Waals surface area contributed by atoms with Crippen LogP contribution in [0.5, 0.6) is 11.5 Å². The normalized spacial score (nSPS) is 13.2. The number of anilines is 2. The summed E-state index contributed by atoms with van der Waals surface area (Å²) >= 11 is 0. The average molecular weight is 402 g/mol. The minimum absolute atomic E-state index is 0.113. The van der Waals surface area contributed by atoms with Crippen LogP contribution in [-0.2, 0) is 4.79 Å². The number of carbonyl (C=O) groups is 1. The molecule has 0 spiro atoms. The molecule has 1 amide bonds. The molecule has 0 radical (unpaired) electrons. The Morgan fingerprint density at radius 2 is 1.57 bits per heavy atom. The Morgan fingerprint density at radius 1 is 0.900 bits per heavy atom. The zero-order valence-electron chi connectivity index (χ0n) is 17.5. The summed E-state index contributed by atoms with van der Waals surface area (Å²) in [6.07, 6.45) is 0. The Kier molecular flexibility index (Phi) is 5.61. The van der Waals surface area contributed by atoms with Crippen LogP contribution in [0.4, 0.5) is 11.4 Å². The second-order valence-electron chi connectivity index (χ2n) is 7.73. The molecule has 0 bridgehead atoms. The maximum atomic E-state index is 13.4. The molecule has 0 unspecified atom stereocenters. The summed E-state index contributed by atoms with van der Waals surface area (Å²) in [4.78, 5) is 15.4. The summed E-state index contributed by atoms with van der Waals surface area (Å²) in [5.41, 5.74) is 3.80. The Morgan fingerprint density at radius 3 is 2.27 bits per heavy atom. The molecule has 4 rings (SSSR count). The minimum atomic E-state index is -0.535. The highest BCUT2D eigenvalue weighted by Gasteiger charge is 2.28. The van der Waals surface area contributed by atoms with Gasteiger partial charge in [0.25, 0.3) is 5.91 Å². The van der Waals surface area contributed by atoms with E-state index in [1.54, 1.807) is 0 Å². The molecule has 3 aromatic rings. The first-order chi connectivity index (χ1) is 14.5. The van der Waals surface area contributed by atoms with Crippen molar-refractivity contribution < 1.29 is 14.3 Å². The van der Waals surface area contributed by atoms with E-state index < -0.39 is 6.04 Å². The molecule has 1 heterocycles. The zero-order chi connectivity index (χ0) is 21.1. The first kappa shape index (κ1) is 19.8. The molecule has 1 aliphatic heterocycles. The zero-order valence-corrected chi connectivity index (χ0v) is 17.5. The molecule has 0 aromatic heterocycles. The van der Waals surface area contributed by atoms with E-state index in [0.29, 0.717) is 17.4 Å². The highest BCUT2D eigenvalue weighted by molar-refractivity contribution is 5.97. The van der Waals surface area contributed by atoms with Gasteiger partial charge in [0.2, 0.25) is 6.79 Å². The van der Waals surface area contributed by atoms with Crippen LogP contribution in [0.2, 0.25) is 0 Å². The van der Waals surface area contributed by atoms with Gasteiger partial charge in [0.1, 0.15) is 6.04 Å². The fraction of sp³-hybridized carbons (Fsp3) is 0.240. The summed E-state index contributed by atoms with van der Waals surface area (Å²) in [6, 6.07) is 23.0. The Hall–Kier alpha value is -3.47. The van der Waals surface area contributed by atoms with Gasteiger partial charge in [-0.3, -0.25) is 4.79 Å². The first-order valence-corrected chi connectivity index (χ1v) is 10.1. The predicted octanol–water partition coefficient (Wildman–Crippen LogP) is 5.35. The monoisotopic (exact) mass is 402 g/mol. The molecule has 0 saturated heterocycles. The van der Waals surface area contributed by atoms with Crippen molar-refractivity contribution >= 4 is 17.3 Å². The smallest absolute Gasteiger partial charge is 0.251 e. The fourth-order valence-corrected chi connectivity index (χ4v) is 3.61. The van der Waals surface area contributed by atoms with E-state index in [1.165, 1.54) is 5.56 Å². The Bertz CT molecular complexity index is 1020. The lowest BCUT2D eigenvalue weighted by Gasteiger charge is -2.29. The van der Waals surface area contributed by atoms with Gasteiger partial charge in [-0.05, 0) is 53.4 Å². The quantitative estimate of drug-likeness (QED) is 0.603. The molecule has 1 aliphatic rings. The molecule has 5 nitrogen and oxygen atoms in total. The van der Waals surface area contributed by atoms with Gasteiger partial charge in [-0.15, -0.1) is 0 Å². The van der Waals surface area contributed by atoms with Gasteiger partial charge in [0, 0.05) is 18.4 Å². The third-order valence-corrected chi connectivity index (χ3v) is 5.36. The highest BCUT2D eigenvalue weighted by atomic mass is 16.7. The van der Waals surface area contributed by atoms with Crippen LogP contribution in [0.15, 0.2) is 72.8 Å². The van der Waals surface area contributed by atoms with Crippen molar-refractivity contribution in [1.29, 1.82) is 0 Å². The SMILES string of the molecule is CC(C)c1ccc(NC(=O)[C@@H](c2ccc3c(c2)OCO3)N(C)c2ccccc2)cc1. The molecule has 154 valence electrons. The number of hydrogen-bond acceptors (Lipinski definition) is 4. The van der Waals surface area contributed by atoms with Gasteiger partial charge >= 0.3 is 0 Å². The summed E-state index contributed by atoms with van der Waals surface area (Å²) in [5, 5.41) is 3.07. The third-order valence-electron chi connectivity index (χ3n) is 5.36. The van der Waals surface area contributed by atoms with E-state index in [4.69, 9.17) is 9.47 Å². The lowest BCUT2D eigenvalue weighted by Crippen LogP contribution is -2.34. The van der Waals surface area contributed by atoms with E-state index >= 15 is 0 Å². The molecule has 5 heteroatoms. The number of ether oxygens (including phenoxy) is 2. The number of benzene rings is 3. The summed E-state index contributed by atoms with van der Waals surface area (Å²) in [7, 11) is 1.92. The number of fused-ring (bicyclic) bond motifs is 1. The van der Waals surface area contributed by atoms with Crippen molar-refractivity contribution in [3.63, 3.8) is 0 Å². The first-order valence-electron chi connectivity index (χ1n) is 10.1. The van der Waals surface area contributed by atoms with Crippen LogP contribution in [-0.4, -0.2) is 19.7 Å². The Balaban J connectivity index is 1.65. The number of hydrogen-bond donors (Lipinski definition) is 1. The highest BCUT2D eigenvalue weighted by Crippen LogP contribution is 2.36. The minimum Gasteiger partial charge on any atom is -0.454 e. The van der Waals surface area contributed by atoms with E-state index in [2.05, 4.69) is 31.3 Å². The Labute approximate surface area is 177 Å². The van der Waals surface area contributed by atoms with Gasteiger partial charge in [-0.1, -0.05) is 50.2 Å². The molecule has 1 N–H and O–H groups in total. The van der Waals surface area contributed by atoms with Crippen LogP contribution in [0.1, 0.15) is 36.9 Å². The van der Waals surface area contributed by atoms with Gasteiger partial charge in [0.05, 0.1) is 0 Å². The van der Waals surface area contributed by atoms with Gasteiger partial charge < -0.3 is 19.7 Å². The predicted molar refractivity (Wildman–Crippen MR) is 119 cm³/mol. The molecule has 0 aliphatic carbocycles. The maximum absolute atomic E-state index is 13.4. The molecule has 0 fully saturated rings. The summed E-state index contributed by atoms with van der Waals surface area (Å²) in [6.45, 7) is 4.50. The lowest BCUT2D eigenvalue weighted by atomic mass is 10.0. The van der Waals surface area contributed by atoms with Gasteiger partial charge in [-0.2, -0.15) is 0 Å². The average Bonchev–Trinajstić information content (AvgIpc) is 3.23. The van der Waals surface area contributed by atoms with Crippen molar-refractivity contribution in [3.8, 4) is 11.5 Å². The lowest BCUT2D eigenvalue weighted by molar-refractivity contribution is -0.117. The summed E-state index contributed by atoms with van der Waals surface area (Å²) in [5.74, 6) is 1.69. The number of likely N-dealkylation sites (N-methyl/N-ethyl adjacent to an activating group) is 1. The molecule has 0 saturated carbocycles. The number of para-hydroxylation sites is 1. The second-order valence-corrected chi connectivity index (χ2v) is 7.73. The number of nitrogens with zero attached hydrogens (tertiary/aromatic N) is 1. The summed E-state index contributed by atoms with van der Waals surface area (Å²) < 4.78 is 11.0. The van der Waals surface area contributed by atoms with Crippen LogP contribution >= 0.6 is 0 Å². The van der Waals surface area contributed by atoms with E-state index in [0.717, 1.165) is 16.9 Å². The van der Waals surface area contributed by atoms with Gasteiger partial charge in [-0.25, -0.2) is 0 Å². The van der Waals surface area contributed by atoms with Crippen LogP contribution < -0.4 is 19.7 Å². The van der Waals surface area contributed by atoms with Crippen LogP contribution in [0.3, 0.4) is 0 Å². The van der Waals surface area contributed by atoms with E-state index in [1.807, 2.05) is 72.6 Å². The van der Waals surface area contributed by atoms with Crippen molar-refractivity contribution in [2.75, 3.05) is 24.1 Å². The number of rotatable bonds is 6. The molecular formula is C25H26N2O3. The van der Waals surface area contributed by atoms with Crippen molar-refractivity contribution in [2.24, 2.45) is 0 Å². The molecule has 3 aromatic carbocycles. The number of carbonyl (C=O) groups excluding carboxylic acids is 1. The van der Waals surface area contributed by atoms with Gasteiger partial charge in [0.15, 0.2) is 11.5 Å². The molecule has 1 atom stereocenters. The topological polar surface area (TPSA) is 50.8 Å². The van der Waals surface area contributed by atoms with Crippen molar-refractivity contribution in [2.45, 2.75) is 25.8 Å². The molecular weight excluding hydrogens is 376 g/mol. The number of amides is 1. The van der Waals surface area contributed by atoms with Crippen LogP contribution in [0, 0.1) is 0 Å². The second kappa shape index (κ2) is 8.49. The van der Waals surface area contributed by atoms with Crippen molar-refractivity contribution in [1.82, 2.24) is 0 Å². The largest absolute Gasteiger partial charge is 0.454 e. The van der Waals surface area contributed by atoms with Crippen LogP contribution in [0.25, 0.3) is 0 Å². The maximum Gasteiger partial charge on any atom is 0.251 e. The standard InChI is InChI=1S/C25H26N2O3/c1-17(2)18-9-12-20(13-10-18)26-25(28)24(27(3)21-7-5-4-6-8-21)19-11-14-22-23(15-19)30-16-29-22/h4-15,17,24H,16H2,1-3H3,(H,26,28)/t24-/m1/s1. The van der Waals surface area contributed by atoms with E-state index in [-0.39, 0.29) is 12.7 Å². The van der Waals surface area contributed by atoms with E-state index in [9.17, 15) is 4.79 Å². The number of nitrogens with one attached hydrogen (secondary N) is 1. The van der Waals surface area contributed by atoms with Crippen molar-refractivity contribution in [3.05, 3.63) is 83.9 Å². The fourth-order valence-electron chi connectivity index (χ4n) is 3.61. The molecule has 30 heavy (non-hydrogen) atoms.